The predicted octanol–water partition coefficient (Wildman–Crippen LogP) is 0.497. The van der Waals surface area contributed by atoms with Gasteiger partial charge in [0.2, 0.25) is 11.8 Å². The Morgan fingerprint density at radius 3 is 2.80 bits per heavy atom. The van der Waals surface area contributed by atoms with Crippen molar-refractivity contribution in [3.05, 3.63) is 12.4 Å². The zero-order chi connectivity index (χ0) is 13.9. The number of thioether (sulfide) groups is 1. The Morgan fingerprint density at radius 2 is 2.10 bits per heavy atom. The zero-order valence-electron chi connectivity index (χ0n) is 11.5. The molecular formula is C13H18N4O2S. The first-order valence-corrected chi connectivity index (χ1v) is 7.91. The third-order valence-corrected chi connectivity index (χ3v) is 4.66. The fourth-order valence-corrected chi connectivity index (χ4v) is 3.38. The summed E-state index contributed by atoms with van der Waals surface area (Å²) >= 11 is 1.92. The van der Waals surface area contributed by atoms with Crippen LogP contribution in [0.3, 0.4) is 0 Å². The van der Waals surface area contributed by atoms with Gasteiger partial charge >= 0.3 is 0 Å². The summed E-state index contributed by atoms with van der Waals surface area (Å²) in [6, 6.07) is 1.80. The minimum Gasteiger partial charge on any atom is -0.481 e. The van der Waals surface area contributed by atoms with Crippen molar-refractivity contribution >= 4 is 23.5 Å². The van der Waals surface area contributed by atoms with Crippen LogP contribution in [0.4, 0.5) is 5.82 Å². The van der Waals surface area contributed by atoms with Gasteiger partial charge in [0.1, 0.15) is 12.1 Å². The van der Waals surface area contributed by atoms with E-state index in [2.05, 4.69) is 14.9 Å². The molecule has 20 heavy (non-hydrogen) atoms. The van der Waals surface area contributed by atoms with E-state index in [1.807, 2.05) is 16.7 Å². The molecule has 0 spiro atoms. The third-order valence-electron chi connectivity index (χ3n) is 3.71. The number of carbonyl (C=O) groups excluding carboxylic acids is 1. The molecule has 0 saturated carbocycles. The van der Waals surface area contributed by atoms with E-state index in [9.17, 15) is 4.79 Å². The van der Waals surface area contributed by atoms with Crippen molar-refractivity contribution in [2.45, 2.75) is 0 Å². The molecule has 0 aliphatic carbocycles. The van der Waals surface area contributed by atoms with Crippen LogP contribution in [0.2, 0.25) is 0 Å². The Labute approximate surface area is 122 Å². The molecule has 1 aromatic heterocycles. The first-order chi connectivity index (χ1) is 9.78. The maximum Gasteiger partial charge on any atom is 0.229 e. The molecule has 0 unspecified atom stereocenters. The second-order valence-corrected chi connectivity index (χ2v) is 6.18. The van der Waals surface area contributed by atoms with Gasteiger partial charge in [-0.15, -0.1) is 0 Å². The van der Waals surface area contributed by atoms with Crippen molar-refractivity contribution < 1.29 is 9.53 Å². The first kappa shape index (κ1) is 13.5. The largest absolute Gasteiger partial charge is 0.481 e. The summed E-state index contributed by atoms with van der Waals surface area (Å²) in [7, 11) is 1.59. The van der Waals surface area contributed by atoms with E-state index in [-0.39, 0.29) is 5.92 Å². The summed E-state index contributed by atoms with van der Waals surface area (Å²) in [5.74, 6) is 3.91. The molecule has 0 bridgehead atoms. The summed E-state index contributed by atoms with van der Waals surface area (Å²) in [5, 5.41) is 0. The number of nitrogens with zero attached hydrogens (tertiary/aromatic N) is 4. The van der Waals surface area contributed by atoms with Crippen LogP contribution >= 0.6 is 11.8 Å². The predicted molar refractivity (Wildman–Crippen MR) is 78.2 cm³/mol. The maximum absolute atomic E-state index is 12.3. The normalized spacial score (nSPS) is 19.6. The molecule has 0 atom stereocenters. The van der Waals surface area contributed by atoms with Gasteiger partial charge in [-0.3, -0.25) is 4.79 Å². The number of aromatic nitrogens is 2. The molecular weight excluding hydrogens is 276 g/mol. The molecule has 0 aromatic carbocycles. The molecule has 2 saturated heterocycles. The minimum atomic E-state index is 0.110. The number of hydrogen-bond acceptors (Lipinski definition) is 6. The highest BCUT2D eigenvalue weighted by Gasteiger charge is 2.36. The highest BCUT2D eigenvalue weighted by molar-refractivity contribution is 7.99. The molecule has 6 nitrogen and oxygen atoms in total. The second kappa shape index (κ2) is 5.87. The lowest BCUT2D eigenvalue weighted by molar-refractivity contribution is -0.135. The van der Waals surface area contributed by atoms with Crippen LogP contribution in [0, 0.1) is 5.92 Å². The van der Waals surface area contributed by atoms with E-state index in [4.69, 9.17) is 4.74 Å². The Bertz CT molecular complexity index is 487. The van der Waals surface area contributed by atoms with Crippen LogP contribution in [0.25, 0.3) is 0 Å². The Morgan fingerprint density at radius 1 is 1.35 bits per heavy atom. The summed E-state index contributed by atoms with van der Waals surface area (Å²) < 4.78 is 5.09. The SMILES string of the molecule is COc1cc(N2CC(C(=O)N3CCSCC3)C2)ncn1. The van der Waals surface area contributed by atoms with Crippen molar-refractivity contribution in [3.63, 3.8) is 0 Å². The zero-order valence-corrected chi connectivity index (χ0v) is 12.3. The topological polar surface area (TPSA) is 58.6 Å². The molecule has 1 amide bonds. The van der Waals surface area contributed by atoms with Crippen LogP contribution in [0.1, 0.15) is 0 Å². The molecule has 3 rings (SSSR count). The third kappa shape index (κ3) is 2.67. The highest BCUT2D eigenvalue weighted by Crippen LogP contribution is 2.26. The molecule has 1 aromatic rings. The number of anilines is 1. The Hall–Kier alpha value is -1.50. The van der Waals surface area contributed by atoms with Crippen molar-refractivity contribution in [2.75, 3.05) is 49.7 Å². The number of amides is 1. The molecule has 2 fully saturated rings. The molecule has 2 aliphatic heterocycles. The molecule has 0 N–H and O–H groups in total. The standard InChI is InChI=1S/C13H18N4O2S/c1-19-12-6-11(14-9-15-12)17-7-10(8-17)13(18)16-2-4-20-5-3-16/h6,9-10H,2-5,7-8H2,1H3. The van der Waals surface area contributed by atoms with Gasteiger partial charge in [-0.2, -0.15) is 11.8 Å². The lowest BCUT2D eigenvalue weighted by Crippen LogP contribution is -2.56. The van der Waals surface area contributed by atoms with Crippen molar-refractivity contribution in [2.24, 2.45) is 5.92 Å². The van der Waals surface area contributed by atoms with Crippen molar-refractivity contribution in [1.82, 2.24) is 14.9 Å². The van der Waals surface area contributed by atoms with E-state index in [0.29, 0.717) is 11.8 Å². The quantitative estimate of drug-likeness (QED) is 0.809. The molecule has 3 heterocycles. The fraction of sp³-hybridized carbons (Fsp3) is 0.615. The molecule has 108 valence electrons. The van der Waals surface area contributed by atoms with E-state index in [1.54, 1.807) is 13.2 Å². The van der Waals surface area contributed by atoms with Gasteiger partial charge in [-0.1, -0.05) is 0 Å². The number of hydrogen-bond donors (Lipinski definition) is 0. The summed E-state index contributed by atoms with van der Waals surface area (Å²) in [5.41, 5.74) is 0. The van der Waals surface area contributed by atoms with Crippen LogP contribution in [0.15, 0.2) is 12.4 Å². The lowest BCUT2D eigenvalue weighted by Gasteiger charge is -2.41. The van der Waals surface area contributed by atoms with E-state index < -0.39 is 0 Å². The monoisotopic (exact) mass is 294 g/mol. The van der Waals surface area contributed by atoms with Crippen LogP contribution in [-0.2, 0) is 4.79 Å². The summed E-state index contributed by atoms with van der Waals surface area (Å²) in [4.78, 5) is 24.6. The van der Waals surface area contributed by atoms with Crippen LogP contribution in [0.5, 0.6) is 5.88 Å². The lowest BCUT2D eigenvalue weighted by atomic mass is 9.98. The first-order valence-electron chi connectivity index (χ1n) is 6.75. The van der Waals surface area contributed by atoms with Crippen molar-refractivity contribution in [3.8, 4) is 5.88 Å². The van der Waals surface area contributed by atoms with Gasteiger partial charge in [0, 0.05) is 43.8 Å². The summed E-state index contributed by atoms with van der Waals surface area (Å²) in [6.45, 7) is 3.26. The fourth-order valence-electron chi connectivity index (χ4n) is 2.48. The number of methoxy groups -OCH3 is 1. The summed E-state index contributed by atoms with van der Waals surface area (Å²) in [6.07, 6.45) is 1.49. The Kier molecular flexibility index (Phi) is 3.95. The number of rotatable bonds is 3. The molecule has 0 radical (unpaired) electrons. The maximum atomic E-state index is 12.3. The number of ether oxygens (including phenoxy) is 1. The molecule has 7 heteroatoms. The smallest absolute Gasteiger partial charge is 0.229 e. The van der Waals surface area contributed by atoms with Crippen molar-refractivity contribution in [1.29, 1.82) is 0 Å². The van der Waals surface area contributed by atoms with Gasteiger partial charge < -0.3 is 14.5 Å². The Balaban J connectivity index is 1.56. The van der Waals surface area contributed by atoms with Gasteiger partial charge in [-0.25, -0.2) is 9.97 Å². The van der Waals surface area contributed by atoms with Gasteiger partial charge in [0.05, 0.1) is 13.0 Å². The second-order valence-electron chi connectivity index (χ2n) is 4.96. The van der Waals surface area contributed by atoms with E-state index >= 15 is 0 Å². The van der Waals surface area contributed by atoms with Gasteiger partial charge in [0.25, 0.3) is 0 Å². The van der Waals surface area contributed by atoms with Crippen LogP contribution in [-0.4, -0.2) is 65.6 Å². The van der Waals surface area contributed by atoms with Gasteiger partial charge in [-0.05, 0) is 0 Å². The van der Waals surface area contributed by atoms with E-state index in [1.165, 1.54) is 6.33 Å². The van der Waals surface area contributed by atoms with E-state index in [0.717, 1.165) is 43.5 Å². The molecule has 2 aliphatic rings. The van der Waals surface area contributed by atoms with Gasteiger partial charge in [0.15, 0.2) is 0 Å². The van der Waals surface area contributed by atoms with Crippen LogP contribution < -0.4 is 9.64 Å². The minimum absolute atomic E-state index is 0.110. The average molecular weight is 294 g/mol. The average Bonchev–Trinajstić information content (AvgIpc) is 2.47. The number of carbonyl (C=O) groups is 1. The highest BCUT2D eigenvalue weighted by atomic mass is 32.2.